The van der Waals surface area contributed by atoms with Crippen LogP contribution in [0.1, 0.15) is 0 Å². The van der Waals surface area contributed by atoms with E-state index >= 15 is 0 Å². The Morgan fingerprint density at radius 3 is 3.00 bits per heavy atom. The van der Waals surface area contributed by atoms with Crippen molar-refractivity contribution in [1.29, 1.82) is 0 Å². The Morgan fingerprint density at radius 2 is 2.56 bits per heavy atom. The summed E-state index contributed by atoms with van der Waals surface area (Å²) in [7, 11) is 0. The van der Waals surface area contributed by atoms with Gasteiger partial charge in [0.2, 0.25) is 0 Å². The maximum Gasteiger partial charge on any atom is 0.0716 e. The molecule has 0 bridgehead atoms. The molecular formula is C6H10N2O. The second-order valence-corrected chi connectivity index (χ2v) is 1.90. The summed E-state index contributed by atoms with van der Waals surface area (Å²) in [5.74, 6) is 0. The number of nitrogens with two attached hydrogens (primary N) is 1. The molecule has 0 aliphatic carbocycles. The van der Waals surface area contributed by atoms with Crippen molar-refractivity contribution in [3.05, 3.63) is 23.5 Å². The summed E-state index contributed by atoms with van der Waals surface area (Å²) in [6, 6.07) is 0. The van der Waals surface area contributed by atoms with Gasteiger partial charge in [-0.1, -0.05) is 0 Å². The predicted octanol–water partition coefficient (Wildman–Crippen LogP) is -0.692. The van der Waals surface area contributed by atoms with Gasteiger partial charge in [-0.15, -0.1) is 0 Å². The second-order valence-electron chi connectivity index (χ2n) is 1.90. The molecule has 4 N–H and O–H groups in total. The molecule has 3 nitrogen and oxygen atoms in total. The van der Waals surface area contributed by atoms with Gasteiger partial charge in [0.25, 0.3) is 0 Å². The molecule has 0 unspecified atom stereocenters. The lowest BCUT2D eigenvalue weighted by Crippen LogP contribution is -2.18. The zero-order valence-corrected chi connectivity index (χ0v) is 5.09. The van der Waals surface area contributed by atoms with E-state index in [0.717, 1.165) is 12.1 Å². The van der Waals surface area contributed by atoms with Crippen molar-refractivity contribution in [2.75, 3.05) is 13.2 Å². The van der Waals surface area contributed by atoms with Crippen LogP contribution >= 0.6 is 0 Å². The average molecular weight is 126 g/mol. The highest BCUT2D eigenvalue weighted by Gasteiger charge is 2.01. The van der Waals surface area contributed by atoms with Gasteiger partial charge in [-0.25, -0.2) is 0 Å². The molecule has 0 aromatic rings. The Kier molecular flexibility index (Phi) is 1.75. The third-order valence-corrected chi connectivity index (χ3v) is 1.26. The van der Waals surface area contributed by atoms with E-state index in [4.69, 9.17) is 10.8 Å². The van der Waals surface area contributed by atoms with Crippen LogP contribution in [0.25, 0.3) is 0 Å². The summed E-state index contributed by atoms with van der Waals surface area (Å²) in [5.41, 5.74) is 6.92. The van der Waals surface area contributed by atoms with Crippen LogP contribution in [0, 0.1) is 0 Å². The van der Waals surface area contributed by atoms with Crippen LogP contribution in [-0.4, -0.2) is 18.3 Å². The number of dihydropyridines is 1. The number of hydrogen-bond donors (Lipinski definition) is 3. The third kappa shape index (κ3) is 1.23. The Bertz CT molecular complexity index is 160. The predicted molar refractivity (Wildman–Crippen MR) is 35.4 cm³/mol. The van der Waals surface area contributed by atoms with Gasteiger partial charge in [-0.2, -0.15) is 0 Å². The molecule has 9 heavy (non-hydrogen) atoms. The Balaban J connectivity index is 2.68. The van der Waals surface area contributed by atoms with Crippen LogP contribution in [0.4, 0.5) is 0 Å². The Hall–Kier alpha value is -0.960. The lowest BCUT2D eigenvalue weighted by atomic mass is 10.2. The SMILES string of the molecule is NC1=CCNC=C1CO. The molecule has 1 aliphatic heterocycles. The van der Waals surface area contributed by atoms with Crippen molar-refractivity contribution in [1.82, 2.24) is 5.32 Å². The molecule has 0 amide bonds. The number of nitrogens with one attached hydrogen (secondary N) is 1. The molecule has 0 saturated heterocycles. The molecule has 1 aliphatic rings. The maximum atomic E-state index is 8.63. The standard InChI is InChI=1S/C6H10N2O/c7-6-1-2-8-3-5(6)4-9/h1,3,8-9H,2,4,7H2. The molecule has 1 rings (SSSR count). The van der Waals surface area contributed by atoms with Crippen molar-refractivity contribution in [3.63, 3.8) is 0 Å². The fourth-order valence-corrected chi connectivity index (χ4v) is 0.702. The Labute approximate surface area is 53.9 Å². The Morgan fingerprint density at radius 1 is 1.78 bits per heavy atom. The maximum absolute atomic E-state index is 8.63. The van der Waals surface area contributed by atoms with Crippen LogP contribution < -0.4 is 11.1 Å². The van der Waals surface area contributed by atoms with Gasteiger partial charge >= 0.3 is 0 Å². The summed E-state index contributed by atoms with van der Waals surface area (Å²) in [6.45, 7) is 0.769. The van der Waals surface area contributed by atoms with E-state index in [9.17, 15) is 0 Å². The summed E-state index contributed by atoms with van der Waals surface area (Å²) in [4.78, 5) is 0. The van der Waals surface area contributed by atoms with E-state index in [1.807, 2.05) is 6.08 Å². The van der Waals surface area contributed by atoms with Crippen molar-refractivity contribution in [2.45, 2.75) is 0 Å². The van der Waals surface area contributed by atoms with Crippen molar-refractivity contribution in [3.8, 4) is 0 Å². The molecule has 50 valence electrons. The lowest BCUT2D eigenvalue weighted by molar-refractivity contribution is 0.332. The van der Waals surface area contributed by atoms with Gasteiger partial charge in [0.15, 0.2) is 0 Å². The fraction of sp³-hybridized carbons (Fsp3) is 0.333. The normalized spacial score (nSPS) is 17.9. The van der Waals surface area contributed by atoms with Gasteiger partial charge < -0.3 is 16.2 Å². The van der Waals surface area contributed by atoms with E-state index in [1.54, 1.807) is 6.20 Å². The van der Waals surface area contributed by atoms with Crippen LogP contribution in [0.2, 0.25) is 0 Å². The van der Waals surface area contributed by atoms with Crippen molar-refractivity contribution < 1.29 is 5.11 Å². The van der Waals surface area contributed by atoms with E-state index in [1.165, 1.54) is 0 Å². The summed E-state index contributed by atoms with van der Waals surface area (Å²) in [6.07, 6.45) is 3.57. The van der Waals surface area contributed by atoms with Gasteiger partial charge in [0.1, 0.15) is 0 Å². The number of rotatable bonds is 1. The van der Waals surface area contributed by atoms with E-state index < -0.39 is 0 Å². The first-order valence-electron chi connectivity index (χ1n) is 2.84. The first-order chi connectivity index (χ1) is 4.34. The van der Waals surface area contributed by atoms with Gasteiger partial charge in [0, 0.05) is 24.0 Å². The van der Waals surface area contributed by atoms with Crippen molar-refractivity contribution in [2.24, 2.45) is 5.73 Å². The fourth-order valence-electron chi connectivity index (χ4n) is 0.702. The number of hydrogen-bond acceptors (Lipinski definition) is 3. The van der Waals surface area contributed by atoms with E-state index in [2.05, 4.69) is 5.32 Å². The molecular weight excluding hydrogens is 116 g/mol. The molecule has 0 aromatic heterocycles. The molecule has 1 heterocycles. The minimum absolute atomic E-state index is 0.00926. The van der Waals surface area contributed by atoms with Gasteiger partial charge in [-0.3, -0.25) is 0 Å². The first kappa shape index (κ1) is 6.16. The molecule has 3 heteroatoms. The highest BCUT2D eigenvalue weighted by molar-refractivity contribution is 5.30. The molecule has 0 atom stereocenters. The molecule has 0 saturated carbocycles. The monoisotopic (exact) mass is 126 g/mol. The zero-order valence-electron chi connectivity index (χ0n) is 5.09. The lowest BCUT2D eigenvalue weighted by Gasteiger charge is -2.10. The largest absolute Gasteiger partial charge is 0.399 e. The quantitative estimate of drug-likeness (QED) is 0.436. The van der Waals surface area contributed by atoms with Crippen molar-refractivity contribution >= 4 is 0 Å². The second kappa shape index (κ2) is 2.55. The first-order valence-corrected chi connectivity index (χ1v) is 2.84. The molecule has 0 aromatic carbocycles. The molecule has 0 radical (unpaired) electrons. The van der Waals surface area contributed by atoms with Crippen LogP contribution in [0.3, 0.4) is 0 Å². The minimum atomic E-state index is 0.00926. The van der Waals surface area contributed by atoms with E-state index in [-0.39, 0.29) is 6.61 Å². The minimum Gasteiger partial charge on any atom is -0.399 e. The van der Waals surface area contributed by atoms with E-state index in [0.29, 0.717) is 5.70 Å². The molecule has 0 spiro atoms. The van der Waals surface area contributed by atoms with Crippen LogP contribution in [0.15, 0.2) is 23.5 Å². The van der Waals surface area contributed by atoms with Gasteiger partial charge in [-0.05, 0) is 6.08 Å². The summed E-state index contributed by atoms with van der Waals surface area (Å²) < 4.78 is 0. The van der Waals surface area contributed by atoms with Crippen LogP contribution in [-0.2, 0) is 0 Å². The van der Waals surface area contributed by atoms with Crippen LogP contribution in [0.5, 0.6) is 0 Å². The zero-order chi connectivity index (χ0) is 6.69. The highest BCUT2D eigenvalue weighted by Crippen LogP contribution is 2.03. The topological polar surface area (TPSA) is 58.3 Å². The average Bonchev–Trinajstić information content (AvgIpc) is 1.89. The molecule has 0 fully saturated rings. The number of aliphatic hydroxyl groups is 1. The summed E-state index contributed by atoms with van der Waals surface area (Å²) >= 11 is 0. The third-order valence-electron chi connectivity index (χ3n) is 1.26. The summed E-state index contributed by atoms with van der Waals surface area (Å²) in [5, 5.41) is 11.6. The highest BCUT2D eigenvalue weighted by atomic mass is 16.3. The van der Waals surface area contributed by atoms with Gasteiger partial charge in [0.05, 0.1) is 6.61 Å². The number of aliphatic hydroxyl groups excluding tert-OH is 1. The smallest absolute Gasteiger partial charge is 0.0716 e.